The van der Waals surface area contributed by atoms with Gasteiger partial charge in [-0.15, -0.1) is 0 Å². The number of sulfone groups is 1. The Balaban J connectivity index is 2.12. The molecule has 5 nitrogen and oxygen atoms in total. The first-order valence-electron chi connectivity index (χ1n) is 7.80. The van der Waals surface area contributed by atoms with Crippen molar-refractivity contribution in [3.8, 4) is 11.5 Å². The topological polar surface area (TPSA) is 80.7 Å². The summed E-state index contributed by atoms with van der Waals surface area (Å²) in [5.74, 6) is -0.551. The fourth-order valence-corrected chi connectivity index (χ4v) is 4.07. The van der Waals surface area contributed by atoms with Gasteiger partial charge in [-0.2, -0.15) is 0 Å². The number of para-hydroxylation sites is 1. The van der Waals surface area contributed by atoms with Crippen LogP contribution in [0.15, 0.2) is 82.6 Å². The van der Waals surface area contributed by atoms with E-state index in [0.717, 1.165) is 5.56 Å². The van der Waals surface area contributed by atoms with Crippen molar-refractivity contribution in [2.75, 3.05) is 0 Å². The molecule has 0 aliphatic carbocycles. The van der Waals surface area contributed by atoms with E-state index in [9.17, 15) is 18.3 Å². The first-order valence-corrected chi connectivity index (χ1v) is 9.28. The second kappa shape index (κ2) is 7.01. The van der Waals surface area contributed by atoms with Crippen LogP contribution in [0.25, 0.3) is 0 Å². The molecule has 0 aliphatic rings. The average Bonchev–Trinajstić information content (AvgIpc) is 2.62. The summed E-state index contributed by atoms with van der Waals surface area (Å²) in [6.07, 6.45) is 0. The van der Waals surface area contributed by atoms with Gasteiger partial charge in [-0.25, -0.2) is 13.2 Å². The summed E-state index contributed by atoms with van der Waals surface area (Å²) in [6.45, 7) is 1.77. The van der Waals surface area contributed by atoms with Gasteiger partial charge in [0.05, 0.1) is 15.4 Å². The van der Waals surface area contributed by atoms with Crippen molar-refractivity contribution in [3.05, 3.63) is 83.9 Å². The van der Waals surface area contributed by atoms with E-state index in [0.29, 0.717) is 5.75 Å². The van der Waals surface area contributed by atoms with Crippen molar-refractivity contribution in [2.45, 2.75) is 16.7 Å². The van der Waals surface area contributed by atoms with Gasteiger partial charge in [0.2, 0.25) is 9.84 Å². The molecule has 0 saturated carbocycles. The van der Waals surface area contributed by atoms with E-state index in [-0.39, 0.29) is 21.1 Å². The number of carboxylic acid groups (broad SMARTS) is 1. The second-order valence-electron chi connectivity index (χ2n) is 5.70. The molecule has 0 radical (unpaired) electrons. The van der Waals surface area contributed by atoms with Crippen LogP contribution in [0.5, 0.6) is 11.5 Å². The molecule has 0 aromatic heterocycles. The molecule has 26 heavy (non-hydrogen) atoms. The number of carbonyl (C=O) groups is 1. The van der Waals surface area contributed by atoms with Crippen LogP contribution in [0.1, 0.15) is 15.9 Å². The van der Waals surface area contributed by atoms with E-state index in [2.05, 4.69) is 0 Å². The fourth-order valence-electron chi connectivity index (χ4n) is 2.50. The molecular formula is C20H16O5S. The summed E-state index contributed by atoms with van der Waals surface area (Å²) < 4.78 is 31.6. The SMILES string of the molecule is Cc1cccc(S(=O)(=O)c2cc(Oc3ccccc3)ccc2C(=O)O)c1. The van der Waals surface area contributed by atoms with Crippen LogP contribution in [0, 0.1) is 6.92 Å². The maximum absolute atomic E-state index is 13.0. The monoisotopic (exact) mass is 368 g/mol. The third kappa shape index (κ3) is 3.60. The Hall–Kier alpha value is -3.12. The van der Waals surface area contributed by atoms with Crippen LogP contribution in [0.2, 0.25) is 0 Å². The molecule has 0 bridgehead atoms. The Morgan fingerprint density at radius 1 is 0.885 bits per heavy atom. The number of ether oxygens (including phenoxy) is 1. The van der Waals surface area contributed by atoms with Crippen molar-refractivity contribution in [1.29, 1.82) is 0 Å². The first-order chi connectivity index (χ1) is 12.4. The number of rotatable bonds is 5. The van der Waals surface area contributed by atoms with E-state index in [1.165, 1.54) is 30.3 Å². The van der Waals surface area contributed by atoms with Crippen LogP contribution in [-0.2, 0) is 9.84 Å². The predicted molar refractivity (Wildman–Crippen MR) is 96.5 cm³/mol. The summed E-state index contributed by atoms with van der Waals surface area (Å²) in [6, 6.07) is 19.1. The lowest BCUT2D eigenvalue weighted by Crippen LogP contribution is -2.10. The highest BCUT2D eigenvalue weighted by atomic mass is 32.2. The zero-order valence-electron chi connectivity index (χ0n) is 13.9. The number of carboxylic acids is 1. The van der Waals surface area contributed by atoms with Gasteiger partial charge in [0.25, 0.3) is 0 Å². The van der Waals surface area contributed by atoms with Crippen molar-refractivity contribution < 1.29 is 23.1 Å². The highest BCUT2D eigenvalue weighted by Gasteiger charge is 2.25. The quantitative estimate of drug-likeness (QED) is 0.725. The van der Waals surface area contributed by atoms with Crippen LogP contribution in [-0.4, -0.2) is 19.5 Å². The van der Waals surface area contributed by atoms with Crippen LogP contribution in [0.4, 0.5) is 0 Å². The summed E-state index contributed by atoms with van der Waals surface area (Å²) in [7, 11) is -4.01. The minimum atomic E-state index is -4.01. The van der Waals surface area contributed by atoms with Gasteiger partial charge in [0, 0.05) is 6.07 Å². The first kappa shape index (κ1) is 17.7. The molecule has 0 amide bonds. The number of aromatic carboxylic acids is 1. The van der Waals surface area contributed by atoms with Gasteiger partial charge in [-0.3, -0.25) is 0 Å². The lowest BCUT2D eigenvalue weighted by Gasteiger charge is -2.12. The van der Waals surface area contributed by atoms with Crippen molar-refractivity contribution in [1.82, 2.24) is 0 Å². The third-order valence-corrected chi connectivity index (χ3v) is 5.54. The Kier molecular flexibility index (Phi) is 4.77. The van der Waals surface area contributed by atoms with Gasteiger partial charge in [0.15, 0.2) is 0 Å². The van der Waals surface area contributed by atoms with E-state index < -0.39 is 15.8 Å². The molecule has 0 heterocycles. The number of hydrogen-bond acceptors (Lipinski definition) is 4. The number of hydrogen-bond donors (Lipinski definition) is 1. The molecule has 3 rings (SSSR count). The smallest absolute Gasteiger partial charge is 0.337 e. The van der Waals surface area contributed by atoms with E-state index >= 15 is 0 Å². The Morgan fingerprint density at radius 3 is 2.27 bits per heavy atom. The third-order valence-electron chi connectivity index (χ3n) is 3.75. The average molecular weight is 368 g/mol. The number of aryl methyl sites for hydroxylation is 1. The van der Waals surface area contributed by atoms with E-state index in [1.807, 2.05) is 6.07 Å². The lowest BCUT2D eigenvalue weighted by atomic mass is 10.2. The van der Waals surface area contributed by atoms with Crippen LogP contribution >= 0.6 is 0 Å². The molecule has 0 atom stereocenters. The summed E-state index contributed by atoms with van der Waals surface area (Å²) in [4.78, 5) is 11.3. The highest BCUT2D eigenvalue weighted by Crippen LogP contribution is 2.30. The minimum Gasteiger partial charge on any atom is -0.478 e. The lowest BCUT2D eigenvalue weighted by molar-refractivity contribution is 0.0692. The molecule has 3 aromatic rings. The van der Waals surface area contributed by atoms with Crippen LogP contribution < -0.4 is 4.74 Å². The standard InChI is InChI=1S/C20H16O5S/c1-14-6-5-9-17(12-14)26(23,24)19-13-16(10-11-18(19)20(21)22)25-15-7-3-2-4-8-15/h2-13H,1H3,(H,21,22). The van der Waals surface area contributed by atoms with Gasteiger partial charge in [-0.1, -0.05) is 30.3 Å². The Morgan fingerprint density at radius 2 is 1.62 bits per heavy atom. The molecule has 0 fully saturated rings. The van der Waals surface area contributed by atoms with Gasteiger partial charge in [0.1, 0.15) is 11.5 Å². The van der Waals surface area contributed by atoms with Crippen LogP contribution in [0.3, 0.4) is 0 Å². The normalized spacial score (nSPS) is 11.1. The minimum absolute atomic E-state index is 0.0388. The van der Waals surface area contributed by atoms with Crippen molar-refractivity contribution >= 4 is 15.8 Å². The maximum atomic E-state index is 13.0. The molecule has 0 aliphatic heterocycles. The molecule has 0 spiro atoms. The maximum Gasteiger partial charge on any atom is 0.337 e. The highest BCUT2D eigenvalue weighted by molar-refractivity contribution is 7.91. The Bertz CT molecular complexity index is 1060. The van der Waals surface area contributed by atoms with Crippen molar-refractivity contribution in [3.63, 3.8) is 0 Å². The van der Waals surface area contributed by atoms with E-state index in [1.54, 1.807) is 43.3 Å². The second-order valence-corrected chi connectivity index (χ2v) is 7.62. The molecule has 6 heteroatoms. The fraction of sp³-hybridized carbons (Fsp3) is 0.0500. The van der Waals surface area contributed by atoms with Gasteiger partial charge >= 0.3 is 5.97 Å². The number of benzene rings is 3. The predicted octanol–water partition coefficient (Wildman–Crippen LogP) is 4.32. The largest absolute Gasteiger partial charge is 0.478 e. The molecule has 3 aromatic carbocycles. The summed E-state index contributed by atoms with van der Waals surface area (Å²) in [5.41, 5.74) is 0.464. The molecule has 132 valence electrons. The zero-order chi connectivity index (χ0) is 18.7. The molecule has 0 unspecified atom stereocenters. The Labute approximate surface area is 151 Å². The molecule has 1 N–H and O–H groups in total. The summed E-state index contributed by atoms with van der Waals surface area (Å²) in [5, 5.41) is 9.41. The van der Waals surface area contributed by atoms with Crippen molar-refractivity contribution in [2.24, 2.45) is 0 Å². The molecule has 0 saturated heterocycles. The summed E-state index contributed by atoms with van der Waals surface area (Å²) >= 11 is 0. The molecular weight excluding hydrogens is 352 g/mol. The van der Waals surface area contributed by atoms with Gasteiger partial charge in [-0.05, 0) is 48.9 Å². The van der Waals surface area contributed by atoms with E-state index in [4.69, 9.17) is 4.74 Å². The zero-order valence-corrected chi connectivity index (χ0v) is 14.7. The van der Waals surface area contributed by atoms with Gasteiger partial charge < -0.3 is 9.84 Å².